The third-order valence-corrected chi connectivity index (χ3v) is 3.99. The molecule has 0 aliphatic carbocycles. The Hall–Kier alpha value is -3.30. The number of nitrogens with zero attached hydrogens (tertiary/aromatic N) is 4. The molecule has 0 atom stereocenters. The minimum Gasteiger partial charge on any atom is -0.337 e. The van der Waals surface area contributed by atoms with Crippen molar-refractivity contribution in [2.75, 3.05) is 5.32 Å². The average Bonchev–Trinajstić information content (AvgIpc) is 3.17. The molecule has 24 heavy (non-hydrogen) atoms. The fourth-order valence-electron chi connectivity index (χ4n) is 2.52. The van der Waals surface area contributed by atoms with Crippen LogP contribution in [0.1, 0.15) is 5.56 Å². The number of anilines is 2. The van der Waals surface area contributed by atoms with Gasteiger partial charge in [-0.1, -0.05) is 23.7 Å². The molecule has 0 aliphatic rings. The predicted molar refractivity (Wildman–Crippen MR) is 92.2 cm³/mol. The predicted octanol–water partition coefficient (Wildman–Crippen LogP) is 3.99. The number of rotatable bonds is 3. The number of halogens is 1. The first-order valence-electron chi connectivity index (χ1n) is 7.20. The summed E-state index contributed by atoms with van der Waals surface area (Å²) in [4.78, 5) is 8.65. The normalized spacial score (nSPS) is 10.7. The van der Waals surface area contributed by atoms with E-state index in [-0.39, 0.29) is 0 Å². The Bertz CT molecular complexity index is 1060. The van der Waals surface area contributed by atoms with Gasteiger partial charge < -0.3 is 5.32 Å². The number of nitriles is 1. The number of aromatic amines is 1. The van der Waals surface area contributed by atoms with Gasteiger partial charge in [-0.05, 0) is 24.3 Å². The Morgan fingerprint density at radius 3 is 2.71 bits per heavy atom. The van der Waals surface area contributed by atoms with Gasteiger partial charge in [-0.15, -0.1) is 0 Å². The standard InChI is InChI=1S/C17H11ClN6/c18-13-3-1-2-4-14(13)22-17-15(11-5-7-20-8-6-11)23-16-12(9-19)10-21-24(16)17/h1-8,10,21-22H. The molecular weight excluding hydrogens is 324 g/mol. The first kappa shape index (κ1) is 14.3. The third-order valence-electron chi connectivity index (χ3n) is 3.66. The van der Waals surface area contributed by atoms with Crippen molar-refractivity contribution in [2.45, 2.75) is 0 Å². The molecule has 0 spiro atoms. The zero-order chi connectivity index (χ0) is 16.5. The Morgan fingerprint density at radius 1 is 1.17 bits per heavy atom. The summed E-state index contributed by atoms with van der Waals surface area (Å²) in [6.45, 7) is 0. The summed E-state index contributed by atoms with van der Waals surface area (Å²) in [5.41, 5.74) is 3.38. The van der Waals surface area contributed by atoms with Crippen LogP contribution in [-0.4, -0.2) is 19.6 Å². The van der Waals surface area contributed by atoms with Crippen LogP contribution in [-0.2, 0) is 0 Å². The van der Waals surface area contributed by atoms with E-state index in [0.717, 1.165) is 11.3 Å². The number of H-pyrrole nitrogens is 1. The van der Waals surface area contributed by atoms with Gasteiger partial charge in [0.05, 0.1) is 10.7 Å². The van der Waals surface area contributed by atoms with Crippen molar-refractivity contribution >= 4 is 28.8 Å². The van der Waals surface area contributed by atoms with Crippen molar-refractivity contribution in [3.8, 4) is 17.3 Å². The second-order valence-electron chi connectivity index (χ2n) is 5.11. The van der Waals surface area contributed by atoms with Crippen LogP contribution in [0, 0.1) is 11.3 Å². The minimum atomic E-state index is 0.470. The molecule has 4 aromatic rings. The lowest BCUT2D eigenvalue weighted by Gasteiger charge is -2.09. The van der Waals surface area contributed by atoms with Crippen molar-refractivity contribution in [2.24, 2.45) is 0 Å². The van der Waals surface area contributed by atoms with Gasteiger partial charge in [-0.25, -0.2) is 9.50 Å². The van der Waals surface area contributed by atoms with Gasteiger partial charge in [0.2, 0.25) is 0 Å². The maximum Gasteiger partial charge on any atom is 0.173 e. The van der Waals surface area contributed by atoms with E-state index in [4.69, 9.17) is 11.6 Å². The van der Waals surface area contributed by atoms with Gasteiger partial charge in [0, 0.05) is 24.2 Å². The molecule has 0 unspecified atom stereocenters. The molecule has 3 heterocycles. The quantitative estimate of drug-likeness (QED) is 0.593. The Morgan fingerprint density at radius 2 is 1.96 bits per heavy atom. The van der Waals surface area contributed by atoms with Gasteiger partial charge in [0.25, 0.3) is 0 Å². The largest absolute Gasteiger partial charge is 0.337 e. The zero-order valence-electron chi connectivity index (χ0n) is 12.4. The molecular formula is C17H11ClN6. The molecule has 0 aliphatic heterocycles. The molecule has 7 heteroatoms. The molecule has 0 fully saturated rings. The van der Waals surface area contributed by atoms with E-state index in [1.165, 1.54) is 0 Å². The number of imidazole rings is 1. The second kappa shape index (κ2) is 5.72. The highest BCUT2D eigenvalue weighted by Crippen LogP contribution is 2.33. The number of benzene rings is 1. The molecule has 3 aromatic heterocycles. The number of fused-ring (bicyclic) bond motifs is 1. The van der Waals surface area contributed by atoms with Crippen molar-refractivity contribution in [1.29, 1.82) is 5.26 Å². The fourth-order valence-corrected chi connectivity index (χ4v) is 2.70. The van der Waals surface area contributed by atoms with Crippen molar-refractivity contribution in [1.82, 2.24) is 19.6 Å². The highest BCUT2D eigenvalue weighted by atomic mass is 35.5. The number of hydrogen-bond acceptors (Lipinski definition) is 4. The van der Waals surface area contributed by atoms with Crippen LogP contribution >= 0.6 is 11.6 Å². The SMILES string of the molecule is N#Cc1c[nH]n2c(Nc3ccccc3Cl)c(-c3ccncc3)nc12. The molecule has 1 aromatic carbocycles. The number of pyridine rings is 1. The molecule has 0 amide bonds. The maximum atomic E-state index is 9.25. The summed E-state index contributed by atoms with van der Waals surface area (Å²) in [6, 6.07) is 13.3. The number of para-hydroxylation sites is 1. The molecule has 2 N–H and O–H groups in total. The first-order valence-corrected chi connectivity index (χ1v) is 7.57. The van der Waals surface area contributed by atoms with Gasteiger partial charge in [0.1, 0.15) is 17.3 Å². The van der Waals surface area contributed by atoms with Crippen molar-refractivity contribution < 1.29 is 0 Å². The van der Waals surface area contributed by atoms with Crippen molar-refractivity contribution in [3.63, 3.8) is 0 Å². The van der Waals surface area contributed by atoms with Gasteiger partial charge in [-0.2, -0.15) is 5.26 Å². The summed E-state index contributed by atoms with van der Waals surface area (Å²) >= 11 is 6.26. The molecule has 6 nitrogen and oxygen atoms in total. The monoisotopic (exact) mass is 334 g/mol. The van der Waals surface area contributed by atoms with Gasteiger partial charge >= 0.3 is 0 Å². The van der Waals surface area contributed by atoms with Gasteiger partial charge in [0.15, 0.2) is 11.5 Å². The second-order valence-corrected chi connectivity index (χ2v) is 5.51. The summed E-state index contributed by atoms with van der Waals surface area (Å²) in [5, 5.41) is 16.2. The molecule has 0 bridgehead atoms. The van der Waals surface area contributed by atoms with E-state index in [0.29, 0.717) is 27.7 Å². The first-order chi connectivity index (χ1) is 11.8. The summed E-state index contributed by atoms with van der Waals surface area (Å²) in [5.74, 6) is 0.700. The van der Waals surface area contributed by atoms with E-state index in [2.05, 4.69) is 26.5 Å². The smallest absolute Gasteiger partial charge is 0.173 e. The lowest BCUT2D eigenvalue weighted by Crippen LogP contribution is -1.98. The molecule has 0 saturated carbocycles. The third kappa shape index (κ3) is 2.28. The van der Waals surface area contributed by atoms with E-state index in [1.54, 1.807) is 23.1 Å². The van der Waals surface area contributed by atoms with E-state index in [1.807, 2.05) is 36.4 Å². The highest BCUT2D eigenvalue weighted by Gasteiger charge is 2.18. The van der Waals surface area contributed by atoms with Crippen LogP contribution in [0.3, 0.4) is 0 Å². The average molecular weight is 335 g/mol. The van der Waals surface area contributed by atoms with Crippen LogP contribution in [0.5, 0.6) is 0 Å². The molecule has 116 valence electrons. The van der Waals surface area contributed by atoms with Crippen LogP contribution in [0.2, 0.25) is 5.02 Å². The number of hydrogen-bond donors (Lipinski definition) is 2. The molecule has 4 rings (SSSR count). The van der Waals surface area contributed by atoms with Gasteiger partial charge in [-0.3, -0.25) is 10.1 Å². The Kier molecular flexibility index (Phi) is 3.41. The number of aromatic nitrogens is 4. The minimum absolute atomic E-state index is 0.470. The lowest BCUT2D eigenvalue weighted by atomic mass is 10.2. The Balaban J connectivity index is 1.93. The maximum absolute atomic E-state index is 9.25. The molecule has 0 saturated heterocycles. The van der Waals surface area contributed by atoms with Crippen LogP contribution in [0.15, 0.2) is 55.0 Å². The van der Waals surface area contributed by atoms with Crippen molar-refractivity contribution in [3.05, 3.63) is 65.6 Å². The topological polar surface area (TPSA) is 81.8 Å². The van der Waals surface area contributed by atoms with E-state index < -0.39 is 0 Å². The lowest BCUT2D eigenvalue weighted by molar-refractivity contribution is 0.980. The Labute approximate surface area is 142 Å². The summed E-state index contributed by atoms with van der Waals surface area (Å²) in [7, 11) is 0. The fraction of sp³-hybridized carbons (Fsp3) is 0. The molecule has 0 radical (unpaired) electrons. The van der Waals surface area contributed by atoms with Crippen LogP contribution in [0.25, 0.3) is 16.9 Å². The van der Waals surface area contributed by atoms with E-state index in [9.17, 15) is 5.26 Å². The van der Waals surface area contributed by atoms with Crippen LogP contribution < -0.4 is 5.32 Å². The van der Waals surface area contributed by atoms with Crippen LogP contribution in [0.4, 0.5) is 11.5 Å². The number of nitrogens with one attached hydrogen (secondary N) is 2. The highest BCUT2D eigenvalue weighted by molar-refractivity contribution is 6.33. The summed E-state index contributed by atoms with van der Waals surface area (Å²) in [6.07, 6.45) is 5.03. The van der Waals surface area contributed by atoms with E-state index >= 15 is 0 Å². The zero-order valence-corrected chi connectivity index (χ0v) is 13.1. The summed E-state index contributed by atoms with van der Waals surface area (Å²) < 4.78 is 1.73.